The molecule has 1 fully saturated rings. The van der Waals surface area contributed by atoms with E-state index in [1.54, 1.807) is 17.2 Å². The van der Waals surface area contributed by atoms with E-state index in [1.807, 2.05) is 6.92 Å². The number of halogens is 3. The number of benzene rings is 1. The van der Waals surface area contributed by atoms with Gasteiger partial charge < -0.3 is 4.90 Å². The molecule has 6 nitrogen and oxygen atoms in total. The van der Waals surface area contributed by atoms with Crippen LogP contribution < -0.4 is 0 Å². The lowest BCUT2D eigenvalue weighted by molar-refractivity contribution is -0.137. The van der Waals surface area contributed by atoms with E-state index in [-0.39, 0.29) is 37.8 Å². The van der Waals surface area contributed by atoms with Crippen molar-refractivity contribution in [3.05, 3.63) is 71.1 Å². The Hall–Kier alpha value is -2.72. The Morgan fingerprint density at radius 2 is 1.74 bits per heavy atom. The maximum atomic E-state index is 12.6. The molecule has 1 amide bonds. The van der Waals surface area contributed by atoms with Crippen molar-refractivity contribution in [3.8, 4) is 0 Å². The second-order valence-electron chi connectivity index (χ2n) is 7.24. The van der Waals surface area contributed by atoms with E-state index in [0.717, 1.165) is 17.7 Å². The minimum Gasteiger partial charge on any atom is -0.336 e. The molecule has 0 unspecified atom stereocenters. The molecule has 1 saturated heterocycles. The summed E-state index contributed by atoms with van der Waals surface area (Å²) >= 11 is 0. The maximum absolute atomic E-state index is 12.6. The van der Waals surface area contributed by atoms with Gasteiger partial charge >= 0.3 is 6.18 Å². The number of alkyl halides is 3. The number of hydrogen-bond acceptors (Lipinski definition) is 4. The first-order chi connectivity index (χ1) is 14.6. The van der Waals surface area contributed by atoms with Crippen LogP contribution in [0.3, 0.4) is 0 Å². The van der Waals surface area contributed by atoms with Crippen LogP contribution in [0.1, 0.15) is 27.0 Å². The Morgan fingerprint density at radius 1 is 1.10 bits per heavy atom. The Balaban J connectivity index is 1.55. The second-order valence-corrected chi connectivity index (χ2v) is 9.26. The zero-order chi connectivity index (χ0) is 22.6. The largest absolute Gasteiger partial charge is 0.416 e. The topological polar surface area (TPSA) is 70.6 Å². The predicted octanol–water partition coefficient (Wildman–Crippen LogP) is 3.21. The monoisotopic (exact) mass is 453 g/mol. The molecule has 1 aromatic heterocycles. The first-order valence-corrected chi connectivity index (χ1v) is 11.2. The van der Waals surface area contributed by atoms with E-state index >= 15 is 0 Å². The van der Waals surface area contributed by atoms with Crippen LogP contribution in [0.15, 0.2) is 48.8 Å². The van der Waals surface area contributed by atoms with Gasteiger partial charge in [0, 0.05) is 38.6 Å². The third kappa shape index (κ3) is 5.92. The highest BCUT2D eigenvalue weighted by atomic mass is 32.2. The number of carbonyl (C=O) groups is 1. The molecule has 1 aliphatic rings. The van der Waals surface area contributed by atoms with Crippen molar-refractivity contribution >= 4 is 22.0 Å². The molecule has 31 heavy (non-hydrogen) atoms. The lowest BCUT2D eigenvalue weighted by Gasteiger charge is -2.33. The normalized spacial score (nSPS) is 16.1. The number of carbonyl (C=O) groups excluding carboxylic acids is 1. The summed E-state index contributed by atoms with van der Waals surface area (Å²) in [6.45, 7) is 2.75. The second kappa shape index (κ2) is 9.19. The first-order valence-electron chi connectivity index (χ1n) is 9.59. The number of piperazine rings is 1. The summed E-state index contributed by atoms with van der Waals surface area (Å²) in [5.41, 5.74) is 1.05. The van der Waals surface area contributed by atoms with E-state index in [4.69, 9.17) is 0 Å². The molecule has 166 valence electrons. The number of aryl methyl sites for hydroxylation is 1. The summed E-state index contributed by atoms with van der Waals surface area (Å²) < 4.78 is 64.2. The van der Waals surface area contributed by atoms with Gasteiger partial charge in [-0.2, -0.15) is 17.5 Å². The molecule has 0 atom stereocenters. The Labute approximate surface area is 179 Å². The SMILES string of the molecule is Cc1cncc(C(=O)N2CCN(S(=O)(=O)CC=Cc3ccc(C(F)(F)F)cc3)CC2)c1. The van der Waals surface area contributed by atoms with E-state index in [1.165, 1.54) is 34.8 Å². The molecule has 1 aliphatic heterocycles. The highest BCUT2D eigenvalue weighted by Gasteiger charge is 2.30. The Morgan fingerprint density at radius 3 is 2.32 bits per heavy atom. The molecule has 0 spiro atoms. The summed E-state index contributed by atoms with van der Waals surface area (Å²) in [7, 11) is -3.59. The van der Waals surface area contributed by atoms with E-state index in [9.17, 15) is 26.4 Å². The van der Waals surface area contributed by atoms with Gasteiger partial charge in [0.15, 0.2) is 0 Å². The molecule has 2 aromatic rings. The Bertz CT molecular complexity index is 1060. The summed E-state index contributed by atoms with van der Waals surface area (Å²) in [6, 6.07) is 6.22. The number of amides is 1. The highest BCUT2D eigenvalue weighted by Crippen LogP contribution is 2.29. The van der Waals surface area contributed by atoms with Crippen LogP contribution in [-0.4, -0.2) is 60.4 Å². The molecule has 2 heterocycles. The molecular weight excluding hydrogens is 431 g/mol. The summed E-state index contributed by atoms with van der Waals surface area (Å²) in [5, 5.41) is 0. The first kappa shape index (κ1) is 23.0. The standard InChI is InChI=1S/C21H22F3N3O3S/c1-16-13-18(15-25-14-16)20(28)26-8-10-27(11-9-26)31(29,30)12-2-3-17-4-6-19(7-5-17)21(22,23)24/h2-7,13-15H,8-12H2,1H3. The predicted molar refractivity (Wildman–Crippen MR) is 111 cm³/mol. The summed E-state index contributed by atoms with van der Waals surface area (Å²) in [4.78, 5) is 18.2. The number of rotatable bonds is 5. The minimum atomic E-state index is -4.41. The van der Waals surface area contributed by atoms with Gasteiger partial charge in [-0.15, -0.1) is 0 Å². The molecule has 0 radical (unpaired) electrons. The Kier molecular flexibility index (Phi) is 6.80. The van der Waals surface area contributed by atoms with Crippen molar-refractivity contribution in [1.82, 2.24) is 14.2 Å². The van der Waals surface area contributed by atoms with Gasteiger partial charge in [-0.25, -0.2) is 8.42 Å². The quantitative estimate of drug-likeness (QED) is 0.697. The van der Waals surface area contributed by atoms with Crippen LogP contribution >= 0.6 is 0 Å². The molecule has 3 rings (SSSR count). The highest BCUT2D eigenvalue weighted by molar-refractivity contribution is 7.89. The molecule has 0 bridgehead atoms. The number of sulfonamides is 1. The van der Waals surface area contributed by atoms with Crippen LogP contribution in [0.4, 0.5) is 13.2 Å². The number of pyridine rings is 1. The van der Waals surface area contributed by atoms with Gasteiger partial charge in [0.1, 0.15) is 0 Å². The van der Waals surface area contributed by atoms with Crippen LogP contribution in [0.2, 0.25) is 0 Å². The van der Waals surface area contributed by atoms with E-state index in [0.29, 0.717) is 11.1 Å². The fourth-order valence-corrected chi connectivity index (χ4v) is 4.49. The van der Waals surface area contributed by atoms with Crippen LogP contribution in [-0.2, 0) is 16.2 Å². The zero-order valence-corrected chi connectivity index (χ0v) is 17.7. The van der Waals surface area contributed by atoms with Crippen molar-refractivity contribution in [2.45, 2.75) is 13.1 Å². The van der Waals surface area contributed by atoms with Crippen LogP contribution in [0.25, 0.3) is 6.08 Å². The van der Waals surface area contributed by atoms with Gasteiger partial charge in [0.2, 0.25) is 10.0 Å². The zero-order valence-electron chi connectivity index (χ0n) is 16.8. The van der Waals surface area contributed by atoms with Crippen LogP contribution in [0.5, 0.6) is 0 Å². The smallest absolute Gasteiger partial charge is 0.336 e. The molecule has 0 N–H and O–H groups in total. The fourth-order valence-electron chi connectivity index (χ4n) is 3.22. The third-order valence-corrected chi connectivity index (χ3v) is 6.66. The van der Waals surface area contributed by atoms with Gasteiger partial charge in [-0.05, 0) is 36.2 Å². The van der Waals surface area contributed by atoms with Crippen LogP contribution in [0, 0.1) is 6.92 Å². The lowest BCUT2D eigenvalue weighted by atomic mass is 10.1. The van der Waals surface area contributed by atoms with Crippen molar-refractivity contribution in [2.24, 2.45) is 0 Å². The number of nitrogens with zero attached hydrogens (tertiary/aromatic N) is 3. The van der Waals surface area contributed by atoms with Crippen molar-refractivity contribution in [2.75, 3.05) is 31.9 Å². The van der Waals surface area contributed by atoms with Crippen molar-refractivity contribution in [1.29, 1.82) is 0 Å². The molecular formula is C21H22F3N3O3S. The molecule has 1 aromatic carbocycles. The molecule has 0 saturated carbocycles. The average molecular weight is 453 g/mol. The molecule has 0 aliphatic carbocycles. The maximum Gasteiger partial charge on any atom is 0.416 e. The third-order valence-electron chi connectivity index (χ3n) is 4.90. The average Bonchev–Trinajstić information content (AvgIpc) is 2.73. The lowest BCUT2D eigenvalue weighted by Crippen LogP contribution is -2.50. The van der Waals surface area contributed by atoms with Gasteiger partial charge in [-0.3, -0.25) is 9.78 Å². The van der Waals surface area contributed by atoms with Gasteiger partial charge in [-0.1, -0.05) is 24.3 Å². The van der Waals surface area contributed by atoms with Gasteiger partial charge in [0.25, 0.3) is 5.91 Å². The van der Waals surface area contributed by atoms with E-state index < -0.39 is 21.8 Å². The van der Waals surface area contributed by atoms with Crippen molar-refractivity contribution in [3.63, 3.8) is 0 Å². The minimum absolute atomic E-state index is 0.182. The van der Waals surface area contributed by atoms with Gasteiger partial charge in [0.05, 0.1) is 16.9 Å². The fraction of sp³-hybridized carbons (Fsp3) is 0.333. The number of aromatic nitrogens is 1. The summed E-state index contributed by atoms with van der Waals surface area (Å²) in [5.74, 6) is -0.459. The summed E-state index contributed by atoms with van der Waals surface area (Å²) in [6.07, 6.45) is 1.62. The molecule has 10 heteroatoms. The van der Waals surface area contributed by atoms with Crippen molar-refractivity contribution < 1.29 is 26.4 Å². The van der Waals surface area contributed by atoms with E-state index in [2.05, 4.69) is 4.98 Å². The number of hydrogen-bond donors (Lipinski definition) is 0.